The van der Waals surface area contributed by atoms with Crippen LogP contribution in [0.2, 0.25) is 5.02 Å². The van der Waals surface area contributed by atoms with Gasteiger partial charge in [-0.05, 0) is 58.2 Å². The molecular formula is C23H24BrClN2O. The molecular weight excluding hydrogens is 436 g/mol. The molecule has 0 saturated carbocycles. The maximum Gasteiger partial charge on any atom is 0.255 e. The highest BCUT2D eigenvalue weighted by molar-refractivity contribution is 9.10. The minimum absolute atomic E-state index is 0.0476. The summed E-state index contributed by atoms with van der Waals surface area (Å²) in [5.41, 5.74) is 2.86. The molecule has 2 aromatic carbocycles. The zero-order valence-electron chi connectivity index (χ0n) is 15.9. The summed E-state index contributed by atoms with van der Waals surface area (Å²) in [6.07, 6.45) is 4.06. The van der Waals surface area contributed by atoms with Gasteiger partial charge in [-0.15, -0.1) is 0 Å². The van der Waals surface area contributed by atoms with Crippen molar-refractivity contribution in [2.24, 2.45) is 0 Å². The molecule has 0 aliphatic rings. The molecule has 0 N–H and O–H groups in total. The predicted octanol–water partition coefficient (Wildman–Crippen LogP) is 6.39. The third-order valence-electron chi connectivity index (χ3n) is 4.75. The van der Waals surface area contributed by atoms with E-state index in [0.717, 1.165) is 40.1 Å². The molecule has 0 aliphatic heterocycles. The van der Waals surface area contributed by atoms with Crippen molar-refractivity contribution in [2.75, 3.05) is 6.54 Å². The van der Waals surface area contributed by atoms with Gasteiger partial charge >= 0.3 is 0 Å². The van der Waals surface area contributed by atoms with Crippen LogP contribution in [-0.4, -0.2) is 21.9 Å². The van der Waals surface area contributed by atoms with Crippen LogP contribution in [0.5, 0.6) is 0 Å². The number of aromatic nitrogens is 1. The Morgan fingerprint density at radius 2 is 1.82 bits per heavy atom. The third kappa shape index (κ3) is 5.06. The van der Waals surface area contributed by atoms with Crippen LogP contribution in [0.15, 0.2) is 71.3 Å². The molecule has 5 heteroatoms. The van der Waals surface area contributed by atoms with Crippen LogP contribution >= 0.6 is 27.5 Å². The molecule has 28 heavy (non-hydrogen) atoms. The van der Waals surface area contributed by atoms with Gasteiger partial charge in [-0.2, -0.15) is 0 Å². The Labute approximate surface area is 180 Å². The summed E-state index contributed by atoms with van der Waals surface area (Å²) in [7, 11) is 0. The van der Waals surface area contributed by atoms with Crippen LogP contribution in [0.1, 0.15) is 41.4 Å². The molecule has 3 rings (SSSR count). The van der Waals surface area contributed by atoms with Gasteiger partial charge in [0.2, 0.25) is 0 Å². The number of benzene rings is 2. The summed E-state index contributed by atoms with van der Waals surface area (Å²) in [4.78, 5) is 15.1. The summed E-state index contributed by atoms with van der Waals surface area (Å²) in [5, 5.41) is 0.759. The SMILES string of the molecule is CCCCN(Cc1cccn1Cc1ccccc1Cl)C(=O)c1ccccc1Br. The summed E-state index contributed by atoms with van der Waals surface area (Å²) < 4.78 is 2.99. The normalized spacial score (nSPS) is 10.8. The molecule has 0 fully saturated rings. The molecule has 0 spiro atoms. The number of rotatable bonds is 8. The van der Waals surface area contributed by atoms with E-state index in [1.165, 1.54) is 0 Å². The van der Waals surface area contributed by atoms with E-state index in [0.29, 0.717) is 18.7 Å². The first kappa shape index (κ1) is 20.7. The Kier molecular flexibility index (Phi) is 7.35. The topological polar surface area (TPSA) is 25.2 Å². The number of hydrogen-bond acceptors (Lipinski definition) is 1. The molecule has 1 amide bonds. The highest BCUT2D eigenvalue weighted by Crippen LogP contribution is 2.21. The molecule has 0 bridgehead atoms. The average Bonchev–Trinajstić information content (AvgIpc) is 3.13. The van der Waals surface area contributed by atoms with Crippen molar-refractivity contribution in [3.63, 3.8) is 0 Å². The first-order valence-corrected chi connectivity index (χ1v) is 10.7. The van der Waals surface area contributed by atoms with Crippen molar-refractivity contribution in [3.05, 3.63) is 93.2 Å². The monoisotopic (exact) mass is 458 g/mol. The van der Waals surface area contributed by atoms with Gasteiger partial charge in [-0.25, -0.2) is 0 Å². The van der Waals surface area contributed by atoms with E-state index < -0.39 is 0 Å². The molecule has 0 saturated heterocycles. The molecule has 1 aromatic heterocycles. The number of hydrogen-bond donors (Lipinski definition) is 0. The lowest BCUT2D eigenvalue weighted by atomic mass is 10.1. The molecule has 0 atom stereocenters. The maximum atomic E-state index is 13.2. The van der Waals surface area contributed by atoms with E-state index in [1.54, 1.807) is 0 Å². The van der Waals surface area contributed by atoms with Crippen molar-refractivity contribution in [2.45, 2.75) is 32.9 Å². The van der Waals surface area contributed by atoms with Gasteiger partial charge in [0, 0.05) is 34.5 Å². The van der Waals surface area contributed by atoms with Crippen molar-refractivity contribution in [1.82, 2.24) is 9.47 Å². The number of halogens is 2. The maximum absolute atomic E-state index is 13.2. The van der Waals surface area contributed by atoms with Gasteiger partial charge in [0.05, 0.1) is 12.1 Å². The van der Waals surface area contributed by atoms with Crippen LogP contribution in [0, 0.1) is 0 Å². The van der Waals surface area contributed by atoms with Crippen LogP contribution < -0.4 is 0 Å². The third-order valence-corrected chi connectivity index (χ3v) is 5.81. The second-order valence-electron chi connectivity index (χ2n) is 6.78. The summed E-state index contributed by atoms with van der Waals surface area (Å²) in [5.74, 6) is 0.0476. The number of carbonyl (C=O) groups excluding carboxylic acids is 1. The lowest BCUT2D eigenvalue weighted by Crippen LogP contribution is -2.32. The first-order valence-electron chi connectivity index (χ1n) is 9.51. The Morgan fingerprint density at radius 3 is 2.57 bits per heavy atom. The van der Waals surface area contributed by atoms with Crippen LogP contribution in [0.25, 0.3) is 0 Å². The molecule has 3 nitrogen and oxygen atoms in total. The highest BCUT2D eigenvalue weighted by atomic mass is 79.9. The van der Waals surface area contributed by atoms with Crippen LogP contribution in [0.4, 0.5) is 0 Å². The fourth-order valence-electron chi connectivity index (χ4n) is 3.16. The van der Waals surface area contributed by atoms with Gasteiger partial charge in [0.25, 0.3) is 5.91 Å². The summed E-state index contributed by atoms with van der Waals surface area (Å²) in [6.45, 7) is 4.12. The predicted molar refractivity (Wildman–Crippen MR) is 119 cm³/mol. The van der Waals surface area contributed by atoms with Crippen LogP contribution in [0.3, 0.4) is 0 Å². The molecule has 1 heterocycles. The Bertz CT molecular complexity index is 938. The molecule has 0 radical (unpaired) electrons. The van der Waals surface area contributed by atoms with E-state index >= 15 is 0 Å². The molecule has 0 unspecified atom stereocenters. The van der Waals surface area contributed by atoms with Crippen molar-refractivity contribution in [3.8, 4) is 0 Å². The molecule has 146 valence electrons. The molecule has 3 aromatic rings. The van der Waals surface area contributed by atoms with Crippen LogP contribution in [-0.2, 0) is 13.1 Å². The quantitative estimate of drug-likeness (QED) is 0.383. The van der Waals surface area contributed by atoms with E-state index in [1.807, 2.05) is 65.7 Å². The van der Waals surface area contributed by atoms with E-state index in [4.69, 9.17) is 11.6 Å². The number of unbranched alkanes of at least 4 members (excludes halogenated alkanes) is 1. The lowest BCUT2D eigenvalue weighted by molar-refractivity contribution is 0.0736. The summed E-state index contributed by atoms with van der Waals surface area (Å²) >= 11 is 9.84. The van der Waals surface area contributed by atoms with Gasteiger partial charge in [-0.3, -0.25) is 4.79 Å². The Hall–Kier alpha value is -2.04. The highest BCUT2D eigenvalue weighted by Gasteiger charge is 2.19. The van der Waals surface area contributed by atoms with E-state index in [-0.39, 0.29) is 5.91 Å². The average molecular weight is 460 g/mol. The van der Waals surface area contributed by atoms with Gasteiger partial charge < -0.3 is 9.47 Å². The van der Waals surface area contributed by atoms with Gasteiger partial charge in [-0.1, -0.05) is 55.3 Å². The lowest BCUT2D eigenvalue weighted by Gasteiger charge is -2.24. The zero-order valence-corrected chi connectivity index (χ0v) is 18.3. The Balaban J connectivity index is 1.82. The van der Waals surface area contributed by atoms with Crippen molar-refractivity contribution >= 4 is 33.4 Å². The van der Waals surface area contributed by atoms with Crippen molar-refractivity contribution in [1.29, 1.82) is 0 Å². The second kappa shape index (κ2) is 9.94. The minimum Gasteiger partial charge on any atom is -0.345 e. The van der Waals surface area contributed by atoms with Gasteiger partial charge in [0.15, 0.2) is 0 Å². The van der Waals surface area contributed by atoms with Gasteiger partial charge in [0.1, 0.15) is 0 Å². The number of amides is 1. The Morgan fingerprint density at radius 1 is 1.07 bits per heavy atom. The summed E-state index contributed by atoms with van der Waals surface area (Å²) in [6, 6.07) is 19.6. The second-order valence-corrected chi connectivity index (χ2v) is 8.04. The first-order chi connectivity index (χ1) is 13.6. The van der Waals surface area contributed by atoms with E-state index in [2.05, 4.69) is 33.5 Å². The fraction of sp³-hybridized carbons (Fsp3) is 0.261. The number of nitrogens with zero attached hydrogens (tertiary/aromatic N) is 2. The standard InChI is InChI=1S/C23H24BrClN2O/c1-2-3-14-27(23(28)20-11-5-6-12-21(20)24)17-19-10-8-15-26(19)16-18-9-4-7-13-22(18)25/h4-13,15H,2-3,14,16-17H2,1H3. The van der Waals surface area contributed by atoms with E-state index in [9.17, 15) is 4.79 Å². The zero-order chi connectivity index (χ0) is 19.9. The fourth-order valence-corrected chi connectivity index (χ4v) is 3.81. The van der Waals surface area contributed by atoms with Crippen molar-refractivity contribution < 1.29 is 4.79 Å². The number of carbonyl (C=O) groups is 1. The largest absolute Gasteiger partial charge is 0.345 e. The molecule has 0 aliphatic carbocycles. The smallest absolute Gasteiger partial charge is 0.255 e. The minimum atomic E-state index is 0.0476.